The summed E-state index contributed by atoms with van der Waals surface area (Å²) in [5.41, 5.74) is 1.12. The van der Waals surface area contributed by atoms with E-state index in [-0.39, 0.29) is 58.8 Å². The van der Waals surface area contributed by atoms with Gasteiger partial charge in [0.05, 0.1) is 0 Å². The van der Waals surface area contributed by atoms with Gasteiger partial charge in [-0.25, -0.2) is 0 Å². The van der Waals surface area contributed by atoms with Gasteiger partial charge in [0.15, 0.2) is 0 Å². The van der Waals surface area contributed by atoms with Crippen molar-refractivity contribution in [2.24, 2.45) is 5.41 Å². The molecular weight excluding hydrogens is 768 g/mol. The van der Waals surface area contributed by atoms with E-state index in [1.807, 2.05) is 51.1 Å². The molecule has 1 aliphatic rings. The minimum atomic E-state index is -1.27. The Morgan fingerprint density at radius 3 is 2.12 bits per heavy atom. The summed E-state index contributed by atoms with van der Waals surface area (Å²) in [6, 6.07) is 15.0. The van der Waals surface area contributed by atoms with E-state index < -0.39 is 44.4 Å². The van der Waals surface area contributed by atoms with E-state index in [2.05, 4.69) is 10.6 Å². The number of hydrogen-bond donors (Lipinski definition) is 2. The van der Waals surface area contributed by atoms with Gasteiger partial charge in [-0.1, -0.05) is 30.3 Å². The molecule has 0 aromatic heterocycles. The summed E-state index contributed by atoms with van der Waals surface area (Å²) in [6.45, 7) is 13.4. The van der Waals surface area contributed by atoms with Crippen molar-refractivity contribution in [3.05, 3.63) is 81.3 Å². The molecule has 0 bridgehead atoms. The van der Waals surface area contributed by atoms with E-state index in [1.165, 1.54) is 10.8 Å². The fourth-order valence-corrected chi connectivity index (χ4v) is 9.46. The third kappa shape index (κ3) is 13.9. The van der Waals surface area contributed by atoms with Gasteiger partial charge in [0, 0.05) is 0 Å². The van der Waals surface area contributed by atoms with Crippen LogP contribution in [0.2, 0.25) is 5.32 Å². The Bertz CT molecular complexity index is 1630. The second-order valence-corrected chi connectivity index (χ2v) is 19.7. The Labute approximate surface area is 321 Å². The van der Waals surface area contributed by atoms with E-state index in [9.17, 15) is 28.8 Å². The van der Waals surface area contributed by atoms with E-state index >= 15 is 0 Å². The summed E-state index contributed by atoms with van der Waals surface area (Å²) in [5, 5.41) is 5.64. The Morgan fingerprint density at radius 1 is 0.846 bits per heavy atom. The summed E-state index contributed by atoms with van der Waals surface area (Å²) < 4.78 is 11.4. The Balaban J connectivity index is 1.67. The van der Waals surface area contributed by atoms with Crippen LogP contribution in [-0.4, -0.2) is 79.5 Å². The normalized spacial score (nSPS) is 14.3. The SMILES string of the molecule is CC1=C([Se]CC(OC(=O)[C@@H](CSSC(C)(C)C)NC(=O)C(C)(C)C)C(=O)NCCCCCC(=O)OCc2ccccc2)C(=O)c2ccccc2C1=O. The first-order valence-electron chi connectivity index (χ1n) is 17.3. The average Bonchev–Trinajstić information content (AvgIpc) is 3.09. The fraction of sp³-hybridized carbons (Fsp3) is 0.487. The Kier molecular flexibility index (Phi) is 16.7. The molecule has 0 radical (unpaired) electrons. The van der Waals surface area contributed by atoms with Crippen molar-refractivity contribution in [3.63, 3.8) is 0 Å². The van der Waals surface area contributed by atoms with Gasteiger partial charge in [-0.05, 0) is 5.56 Å². The summed E-state index contributed by atoms with van der Waals surface area (Å²) in [6.07, 6.45) is 0.787. The average molecular weight is 818 g/mol. The van der Waals surface area contributed by atoms with Crippen molar-refractivity contribution in [1.29, 1.82) is 0 Å². The van der Waals surface area contributed by atoms with E-state index in [1.54, 1.807) is 62.8 Å². The molecule has 282 valence electrons. The van der Waals surface area contributed by atoms with Crippen molar-refractivity contribution in [3.8, 4) is 0 Å². The number of benzene rings is 2. The summed E-state index contributed by atoms with van der Waals surface area (Å²) in [4.78, 5) is 78.9. The fourth-order valence-electron chi connectivity index (χ4n) is 4.72. The second-order valence-electron chi connectivity index (χ2n) is 14.4. The van der Waals surface area contributed by atoms with Crippen molar-refractivity contribution in [1.82, 2.24) is 10.6 Å². The number of carbonyl (C=O) groups excluding carboxylic acids is 6. The summed E-state index contributed by atoms with van der Waals surface area (Å²) in [7, 11) is 2.98. The van der Waals surface area contributed by atoms with Crippen LogP contribution in [0, 0.1) is 5.41 Å². The predicted octanol–water partition coefficient (Wildman–Crippen LogP) is 6.50. The zero-order chi connectivity index (χ0) is 38.5. The molecular formula is C39H50N2O8S2Se. The van der Waals surface area contributed by atoms with Gasteiger partial charge in [0.25, 0.3) is 0 Å². The number of rotatable bonds is 18. The molecule has 0 heterocycles. The Morgan fingerprint density at radius 2 is 1.48 bits per heavy atom. The summed E-state index contributed by atoms with van der Waals surface area (Å²) >= 11 is -0.701. The summed E-state index contributed by atoms with van der Waals surface area (Å²) in [5.74, 6) is -2.23. The van der Waals surface area contributed by atoms with Crippen molar-refractivity contribution < 1.29 is 38.2 Å². The standard InChI is InChI=1S/C39H50N2O8S2Se/c1-25-32(43)27-18-13-14-19-28(27)33(44)34(25)52-24-30(49-36(46)29(23-50-51-39(5,6)7)41-37(47)38(2,3)4)35(45)40-21-15-9-12-20-31(42)48-22-26-16-10-8-11-17-26/h8,10-11,13-14,16-19,29-30H,9,12,15,20-24H2,1-7H3,(H,40,45)(H,41,47)/t29-,30?/m1/s1. The number of amides is 2. The van der Waals surface area contributed by atoms with E-state index in [0.717, 1.165) is 5.56 Å². The van der Waals surface area contributed by atoms with Gasteiger partial charge in [-0.15, -0.1) is 0 Å². The molecule has 10 nitrogen and oxygen atoms in total. The second kappa shape index (κ2) is 20.2. The molecule has 0 fully saturated rings. The third-order valence-electron chi connectivity index (χ3n) is 7.65. The molecule has 0 saturated heterocycles. The quantitative estimate of drug-likeness (QED) is 0.0740. The number of unbranched alkanes of at least 4 members (excludes halogenated alkanes) is 2. The van der Waals surface area contributed by atoms with Crippen LogP contribution in [-0.2, 0) is 35.3 Å². The number of hydrogen-bond acceptors (Lipinski definition) is 10. The van der Waals surface area contributed by atoms with Gasteiger partial charge < -0.3 is 0 Å². The number of ketones is 2. The first-order chi connectivity index (χ1) is 24.5. The molecule has 0 aliphatic heterocycles. The van der Waals surface area contributed by atoms with Gasteiger partial charge in [-0.2, -0.15) is 0 Å². The molecule has 52 heavy (non-hydrogen) atoms. The van der Waals surface area contributed by atoms with Crippen LogP contribution in [0.15, 0.2) is 64.6 Å². The molecule has 2 N–H and O–H groups in total. The number of ether oxygens (including phenoxy) is 2. The molecule has 3 rings (SSSR count). The zero-order valence-corrected chi connectivity index (χ0v) is 34.3. The van der Waals surface area contributed by atoms with Crippen LogP contribution < -0.4 is 10.6 Å². The molecule has 2 aromatic carbocycles. The molecule has 2 amide bonds. The molecule has 0 spiro atoms. The first-order valence-corrected chi connectivity index (χ1v) is 21.7. The van der Waals surface area contributed by atoms with Crippen LogP contribution in [0.4, 0.5) is 0 Å². The van der Waals surface area contributed by atoms with E-state index in [0.29, 0.717) is 40.4 Å². The van der Waals surface area contributed by atoms with Crippen LogP contribution in [0.25, 0.3) is 0 Å². The molecule has 13 heteroatoms. The van der Waals surface area contributed by atoms with Gasteiger partial charge in [0.2, 0.25) is 0 Å². The van der Waals surface area contributed by atoms with Crippen molar-refractivity contribution in [2.75, 3.05) is 12.3 Å². The van der Waals surface area contributed by atoms with Crippen molar-refractivity contribution >= 4 is 71.9 Å². The number of esters is 2. The minimum absolute atomic E-state index is 0.00943. The number of nitrogens with one attached hydrogen (secondary N) is 2. The monoisotopic (exact) mass is 818 g/mol. The topological polar surface area (TPSA) is 145 Å². The number of fused-ring (bicyclic) bond motifs is 1. The van der Waals surface area contributed by atoms with Crippen LogP contribution in [0.5, 0.6) is 0 Å². The van der Waals surface area contributed by atoms with Crippen LogP contribution in [0.1, 0.15) is 100 Å². The molecule has 0 saturated carbocycles. The Hall–Kier alpha value is -3.38. The van der Waals surface area contributed by atoms with Gasteiger partial charge >= 0.3 is 287 Å². The maximum atomic E-state index is 13.7. The van der Waals surface area contributed by atoms with Crippen LogP contribution in [0.3, 0.4) is 0 Å². The molecule has 1 unspecified atom stereocenters. The number of Topliss-reactive ketones (excluding diaryl/α,β-unsaturated/α-hetero) is 2. The van der Waals surface area contributed by atoms with Gasteiger partial charge in [0.1, 0.15) is 0 Å². The molecule has 2 atom stereocenters. The van der Waals surface area contributed by atoms with E-state index in [4.69, 9.17) is 9.47 Å². The van der Waals surface area contributed by atoms with Crippen molar-refractivity contribution in [2.45, 2.75) is 103 Å². The number of carbonyl (C=O) groups is 6. The molecule has 1 aliphatic carbocycles. The third-order valence-corrected chi connectivity index (χ3v) is 13.6. The zero-order valence-electron chi connectivity index (χ0n) is 31.0. The molecule has 2 aromatic rings. The van der Waals surface area contributed by atoms with Crippen LogP contribution >= 0.6 is 21.6 Å². The maximum absolute atomic E-state index is 13.7. The predicted molar refractivity (Wildman–Crippen MR) is 207 cm³/mol. The van der Waals surface area contributed by atoms with Gasteiger partial charge in [-0.3, -0.25) is 0 Å². The first kappa shape index (κ1) is 43.0. The number of allylic oxidation sites excluding steroid dienone is 2.